The topological polar surface area (TPSA) is 47.6 Å². The van der Waals surface area contributed by atoms with Crippen LogP contribution in [0.25, 0.3) is 0 Å². The zero-order valence-electron chi connectivity index (χ0n) is 5.66. The highest BCUT2D eigenvalue weighted by molar-refractivity contribution is 5.76. The lowest BCUT2D eigenvalue weighted by Gasteiger charge is -2.14. The van der Waals surface area contributed by atoms with Gasteiger partial charge in [-0.15, -0.1) is 0 Å². The lowest BCUT2D eigenvalue weighted by molar-refractivity contribution is -0.155. The summed E-state index contributed by atoms with van der Waals surface area (Å²) < 4.78 is 4.43. The Morgan fingerprint density at radius 2 is 2.70 bits per heavy atom. The zero-order chi connectivity index (χ0) is 7.40. The lowest BCUT2D eigenvalue weighted by Crippen LogP contribution is -2.33. The molecule has 4 nitrogen and oxygen atoms in total. The third kappa shape index (κ3) is 1.55. The van der Waals surface area contributed by atoms with Crippen LogP contribution in [-0.2, 0) is 14.4 Å². The number of nitrogens with one attached hydrogen (secondary N) is 1. The minimum atomic E-state index is -0.584. The van der Waals surface area contributed by atoms with Crippen LogP contribution in [0.2, 0.25) is 0 Å². The van der Waals surface area contributed by atoms with Crippen molar-refractivity contribution in [2.75, 3.05) is 13.7 Å². The quantitative estimate of drug-likeness (QED) is 0.401. The first-order valence-corrected chi connectivity index (χ1v) is 2.97. The van der Waals surface area contributed by atoms with E-state index in [4.69, 9.17) is 4.84 Å². The van der Waals surface area contributed by atoms with Crippen molar-refractivity contribution in [2.45, 2.75) is 6.10 Å². The molecule has 56 valence electrons. The van der Waals surface area contributed by atoms with Gasteiger partial charge in [-0.25, -0.2) is 4.79 Å². The Balaban J connectivity index is 2.46. The Kier molecular flexibility index (Phi) is 2.42. The predicted molar refractivity (Wildman–Crippen MR) is 34.0 cm³/mol. The van der Waals surface area contributed by atoms with Crippen LogP contribution >= 0.6 is 0 Å². The number of rotatable bonds is 1. The van der Waals surface area contributed by atoms with Crippen molar-refractivity contribution < 1.29 is 14.4 Å². The first kappa shape index (κ1) is 7.24. The number of hydrogen-bond donors (Lipinski definition) is 1. The molecule has 1 rings (SSSR count). The van der Waals surface area contributed by atoms with Gasteiger partial charge in [0.05, 0.1) is 7.11 Å². The van der Waals surface area contributed by atoms with E-state index in [0.29, 0.717) is 6.54 Å². The lowest BCUT2D eigenvalue weighted by atomic mass is 10.3. The van der Waals surface area contributed by atoms with Crippen LogP contribution in [0.1, 0.15) is 0 Å². The van der Waals surface area contributed by atoms with E-state index >= 15 is 0 Å². The van der Waals surface area contributed by atoms with Gasteiger partial charge in [-0.1, -0.05) is 6.08 Å². The van der Waals surface area contributed by atoms with Crippen LogP contribution < -0.4 is 5.48 Å². The molecule has 0 aromatic heterocycles. The van der Waals surface area contributed by atoms with Gasteiger partial charge >= 0.3 is 5.97 Å². The maximum Gasteiger partial charge on any atom is 0.341 e. The molecule has 0 saturated carbocycles. The largest absolute Gasteiger partial charge is 0.467 e. The van der Waals surface area contributed by atoms with Crippen molar-refractivity contribution in [1.29, 1.82) is 0 Å². The standard InChI is InChI=1S/C6H9NO3/c1-9-6(8)5-3-2-4-7-10-5/h2-3,5,7H,4H2,1H3. The second kappa shape index (κ2) is 3.34. The molecular weight excluding hydrogens is 134 g/mol. The van der Waals surface area contributed by atoms with Gasteiger partial charge in [0, 0.05) is 6.54 Å². The predicted octanol–water partition coefficient (Wildman–Crippen LogP) is -0.381. The number of esters is 1. The van der Waals surface area contributed by atoms with E-state index in [0.717, 1.165) is 0 Å². The summed E-state index contributed by atoms with van der Waals surface area (Å²) >= 11 is 0. The third-order valence-corrected chi connectivity index (χ3v) is 1.16. The van der Waals surface area contributed by atoms with Crippen molar-refractivity contribution in [3.05, 3.63) is 12.2 Å². The Hall–Kier alpha value is -0.870. The maximum atomic E-state index is 10.7. The number of carbonyl (C=O) groups excluding carboxylic acids is 1. The SMILES string of the molecule is COC(=O)C1C=CCNO1. The van der Waals surface area contributed by atoms with E-state index in [2.05, 4.69) is 10.2 Å². The minimum absolute atomic E-state index is 0.386. The van der Waals surface area contributed by atoms with Gasteiger partial charge in [0.15, 0.2) is 6.10 Å². The monoisotopic (exact) mass is 143 g/mol. The number of hydrogen-bond acceptors (Lipinski definition) is 4. The molecular formula is C6H9NO3. The second-order valence-corrected chi connectivity index (χ2v) is 1.84. The molecule has 1 unspecified atom stereocenters. The van der Waals surface area contributed by atoms with Crippen molar-refractivity contribution in [2.24, 2.45) is 0 Å². The van der Waals surface area contributed by atoms with E-state index in [1.54, 1.807) is 6.08 Å². The summed E-state index contributed by atoms with van der Waals surface area (Å²) in [5.74, 6) is -0.386. The van der Waals surface area contributed by atoms with Gasteiger partial charge in [0.2, 0.25) is 0 Å². The van der Waals surface area contributed by atoms with Crippen molar-refractivity contribution in [3.63, 3.8) is 0 Å². The highest BCUT2D eigenvalue weighted by Crippen LogP contribution is 1.98. The van der Waals surface area contributed by atoms with Crippen LogP contribution in [0.15, 0.2) is 12.2 Å². The Labute approximate surface area is 58.8 Å². The van der Waals surface area contributed by atoms with Gasteiger partial charge < -0.3 is 4.74 Å². The summed E-state index contributed by atoms with van der Waals surface area (Å²) in [5, 5.41) is 0. The molecule has 0 aliphatic carbocycles. The molecule has 0 bridgehead atoms. The van der Waals surface area contributed by atoms with Gasteiger partial charge in [-0.2, -0.15) is 5.48 Å². The summed E-state index contributed by atoms with van der Waals surface area (Å²) in [6.07, 6.45) is 2.88. The molecule has 0 aromatic carbocycles. The van der Waals surface area contributed by atoms with Crippen molar-refractivity contribution in [3.8, 4) is 0 Å². The number of methoxy groups -OCH3 is 1. The molecule has 4 heteroatoms. The third-order valence-electron chi connectivity index (χ3n) is 1.16. The zero-order valence-corrected chi connectivity index (χ0v) is 5.66. The van der Waals surface area contributed by atoms with Crippen LogP contribution in [0.5, 0.6) is 0 Å². The average Bonchev–Trinajstić information content (AvgIpc) is 2.05. The fourth-order valence-corrected chi connectivity index (χ4v) is 0.660. The van der Waals surface area contributed by atoms with E-state index in [-0.39, 0.29) is 5.97 Å². The van der Waals surface area contributed by atoms with E-state index in [9.17, 15) is 4.79 Å². The molecule has 0 aromatic rings. The molecule has 1 N–H and O–H groups in total. The first-order chi connectivity index (χ1) is 4.84. The summed E-state index contributed by atoms with van der Waals surface area (Å²) in [4.78, 5) is 15.5. The van der Waals surface area contributed by atoms with E-state index in [1.165, 1.54) is 7.11 Å². The van der Waals surface area contributed by atoms with Gasteiger partial charge in [0.25, 0.3) is 0 Å². The molecule has 1 atom stereocenters. The number of hydroxylamine groups is 1. The number of carbonyl (C=O) groups is 1. The van der Waals surface area contributed by atoms with Gasteiger partial charge in [0.1, 0.15) is 0 Å². The molecule has 0 fully saturated rings. The second-order valence-electron chi connectivity index (χ2n) is 1.84. The maximum absolute atomic E-state index is 10.7. The van der Waals surface area contributed by atoms with Crippen LogP contribution in [-0.4, -0.2) is 25.7 Å². The minimum Gasteiger partial charge on any atom is -0.467 e. The van der Waals surface area contributed by atoms with Gasteiger partial charge in [-0.3, -0.25) is 4.84 Å². The summed E-state index contributed by atoms with van der Waals surface area (Å²) in [6, 6.07) is 0. The molecule has 1 aliphatic heterocycles. The summed E-state index contributed by atoms with van der Waals surface area (Å²) in [7, 11) is 1.33. The fourth-order valence-electron chi connectivity index (χ4n) is 0.660. The molecule has 0 amide bonds. The van der Waals surface area contributed by atoms with E-state index in [1.807, 2.05) is 6.08 Å². The molecule has 0 saturated heterocycles. The smallest absolute Gasteiger partial charge is 0.341 e. The Morgan fingerprint density at radius 3 is 3.20 bits per heavy atom. The number of ether oxygens (including phenoxy) is 1. The fraction of sp³-hybridized carbons (Fsp3) is 0.500. The molecule has 0 radical (unpaired) electrons. The van der Waals surface area contributed by atoms with Crippen molar-refractivity contribution in [1.82, 2.24) is 5.48 Å². The molecule has 0 spiro atoms. The molecule has 10 heavy (non-hydrogen) atoms. The average molecular weight is 143 g/mol. The highest BCUT2D eigenvalue weighted by Gasteiger charge is 2.18. The molecule has 1 aliphatic rings. The first-order valence-electron chi connectivity index (χ1n) is 2.97. The molecule has 1 heterocycles. The van der Waals surface area contributed by atoms with Crippen LogP contribution in [0.3, 0.4) is 0 Å². The Bertz CT molecular complexity index is 155. The van der Waals surface area contributed by atoms with Crippen LogP contribution in [0.4, 0.5) is 0 Å². The van der Waals surface area contributed by atoms with Gasteiger partial charge in [-0.05, 0) is 6.08 Å². The Morgan fingerprint density at radius 1 is 1.90 bits per heavy atom. The normalized spacial score (nSPS) is 24.3. The van der Waals surface area contributed by atoms with Crippen LogP contribution in [0, 0.1) is 0 Å². The summed E-state index contributed by atoms with van der Waals surface area (Å²) in [6.45, 7) is 0.632. The van der Waals surface area contributed by atoms with Crippen molar-refractivity contribution >= 4 is 5.97 Å². The van der Waals surface area contributed by atoms with E-state index < -0.39 is 6.10 Å². The summed E-state index contributed by atoms with van der Waals surface area (Å²) in [5.41, 5.74) is 2.56. The highest BCUT2D eigenvalue weighted by atomic mass is 16.7.